The molecule has 0 N–H and O–H groups in total. The van der Waals surface area contributed by atoms with Gasteiger partial charge in [-0.3, -0.25) is 4.57 Å². The Morgan fingerprint density at radius 2 is 0.889 bits per heavy atom. The molecule has 0 amide bonds. The molecule has 0 saturated heterocycles. The normalized spacial score (nSPS) is 12.1. The van der Waals surface area contributed by atoms with Gasteiger partial charge in [0.05, 0.1) is 33.1 Å². The van der Waals surface area contributed by atoms with E-state index in [-0.39, 0.29) is 0 Å². The van der Waals surface area contributed by atoms with Crippen molar-refractivity contribution < 1.29 is 8.83 Å². The molecule has 0 aliphatic rings. The molecule has 0 aliphatic heterocycles. The fourth-order valence-electron chi connectivity index (χ4n) is 10.1. The summed E-state index contributed by atoms with van der Waals surface area (Å²) in [6, 6.07) is 70.2. The van der Waals surface area contributed by atoms with Gasteiger partial charge in [0.15, 0.2) is 11.6 Å². The molecule has 14 rings (SSSR count). The van der Waals surface area contributed by atoms with Crippen molar-refractivity contribution in [2.45, 2.75) is 0 Å². The van der Waals surface area contributed by atoms with Crippen LogP contribution >= 0.6 is 0 Å². The summed E-state index contributed by atoms with van der Waals surface area (Å²) in [5.41, 5.74) is 12.9. The van der Waals surface area contributed by atoms with Crippen molar-refractivity contribution in [1.29, 1.82) is 0 Å². The van der Waals surface area contributed by atoms with Crippen LogP contribution in [-0.4, -0.2) is 23.9 Å². The number of rotatable bonds is 5. The molecule has 0 bridgehead atoms. The Bertz CT molecular complexity index is 4090. The zero-order chi connectivity index (χ0) is 41.2. The van der Waals surface area contributed by atoms with Crippen LogP contribution < -0.4 is 0 Å². The number of nitrogens with zero attached hydrogens (tertiary/aromatic N) is 5. The average Bonchev–Trinajstić information content (AvgIpc) is 4.17. The fraction of sp³-hybridized carbons (Fsp3) is 0. The second kappa shape index (κ2) is 12.9. The first-order valence-corrected chi connectivity index (χ1v) is 21.2. The molecule has 0 fully saturated rings. The molecule has 0 atom stereocenters. The van der Waals surface area contributed by atoms with Crippen LogP contribution in [0.1, 0.15) is 0 Å². The lowest BCUT2D eigenvalue weighted by atomic mass is 10.1. The monoisotopic (exact) mass is 807 g/mol. The van der Waals surface area contributed by atoms with Crippen molar-refractivity contribution in [3.05, 3.63) is 200 Å². The van der Waals surface area contributed by atoms with E-state index in [0.29, 0.717) is 0 Å². The summed E-state index contributed by atoms with van der Waals surface area (Å²) in [7, 11) is 0. The highest BCUT2D eigenvalue weighted by Crippen LogP contribution is 2.43. The molecule has 0 radical (unpaired) electrons. The van der Waals surface area contributed by atoms with Crippen molar-refractivity contribution in [3.63, 3.8) is 0 Å². The van der Waals surface area contributed by atoms with Gasteiger partial charge in [0, 0.05) is 60.2 Å². The highest BCUT2D eigenvalue weighted by molar-refractivity contribution is 6.24. The summed E-state index contributed by atoms with van der Waals surface area (Å²) >= 11 is 0. The van der Waals surface area contributed by atoms with Gasteiger partial charge in [0.1, 0.15) is 22.3 Å². The maximum Gasteiger partial charge on any atom is 0.168 e. The van der Waals surface area contributed by atoms with E-state index in [9.17, 15) is 0 Å². The van der Waals surface area contributed by atoms with Crippen LogP contribution in [0.15, 0.2) is 209 Å². The lowest BCUT2D eigenvalue weighted by Gasteiger charge is -2.16. The maximum atomic E-state index is 6.60. The number of hydrogen-bond donors (Lipinski definition) is 0. The van der Waals surface area contributed by atoms with Crippen LogP contribution in [0.5, 0.6) is 0 Å². The molecule has 7 heteroatoms. The number of benzene rings is 9. The number of hydrogen-bond acceptors (Lipinski definition) is 4. The predicted molar refractivity (Wildman–Crippen MR) is 255 cm³/mol. The first-order valence-electron chi connectivity index (χ1n) is 21.2. The molecule has 294 valence electrons. The lowest BCUT2D eigenvalue weighted by molar-refractivity contribution is 0.668. The zero-order valence-corrected chi connectivity index (χ0v) is 33.6. The largest absolute Gasteiger partial charge is 0.456 e. The van der Waals surface area contributed by atoms with Crippen LogP contribution in [0.4, 0.5) is 0 Å². The van der Waals surface area contributed by atoms with E-state index in [1.807, 2.05) is 48.5 Å². The summed E-state index contributed by atoms with van der Waals surface area (Å²) in [5.74, 6) is 1.54. The van der Waals surface area contributed by atoms with E-state index in [4.69, 9.17) is 19.0 Å². The van der Waals surface area contributed by atoms with E-state index >= 15 is 0 Å². The molecular weight excluding hydrogens is 775 g/mol. The number of aromatic nitrogens is 5. The Kier molecular flexibility index (Phi) is 6.98. The average molecular weight is 808 g/mol. The highest BCUT2D eigenvalue weighted by Gasteiger charge is 2.24. The summed E-state index contributed by atoms with van der Waals surface area (Å²) in [6.07, 6.45) is 0. The molecule has 7 nitrogen and oxygen atoms in total. The van der Waals surface area contributed by atoms with E-state index in [1.54, 1.807) is 0 Å². The van der Waals surface area contributed by atoms with Gasteiger partial charge in [-0.05, 0) is 72.8 Å². The minimum atomic E-state index is 0.772. The van der Waals surface area contributed by atoms with Crippen LogP contribution in [0.2, 0.25) is 0 Å². The summed E-state index contributed by atoms with van der Waals surface area (Å²) in [6.45, 7) is 0. The molecule has 9 aromatic carbocycles. The minimum absolute atomic E-state index is 0.772. The Morgan fingerprint density at radius 1 is 0.333 bits per heavy atom. The Balaban J connectivity index is 1.01. The van der Waals surface area contributed by atoms with Crippen molar-refractivity contribution in [3.8, 4) is 39.8 Å². The molecule has 5 aromatic heterocycles. The van der Waals surface area contributed by atoms with Gasteiger partial charge in [-0.25, -0.2) is 0 Å². The van der Waals surface area contributed by atoms with Crippen LogP contribution in [0, 0.1) is 0 Å². The van der Waals surface area contributed by atoms with Gasteiger partial charge >= 0.3 is 0 Å². The highest BCUT2D eigenvalue weighted by atomic mass is 16.3. The first-order chi connectivity index (χ1) is 31.3. The van der Waals surface area contributed by atoms with E-state index in [2.05, 4.69) is 165 Å². The number of furan rings is 2. The van der Waals surface area contributed by atoms with Crippen LogP contribution in [-0.2, 0) is 0 Å². The van der Waals surface area contributed by atoms with E-state index in [1.165, 1.54) is 0 Å². The molecule has 0 aliphatic carbocycles. The van der Waals surface area contributed by atoms with Gasteiger partial charge in [0.2, 0.25) is 0 Å². The van der Waals surface area contributed by atoms with Gasteiger partial charge < -0.3 is 18.0 Å². The standard InChI is InChI=1S/C56H33N5O2/c1-3-14-34(15-4-1)55-57-58-56(35-16-5-2-6-17-35)61(55)48-24-13-21-40-38-18-7-10-22-45(38)60(53(40)48)37-27-31-51-44(33-37)43-32-36(26-30-50(43)62-51)59-46-23-11-8-20-42(46)52-47(59)29-28-41-39-19-9-12-25-49(39)63-54(41)52/h1-33H. The fourth-order valence-corrected chi connectivity index (χ4v) is 10.1. The third-order valence-corrected chi connectivity index (χ3v) is 12.8. The van der Waals surface area contributed by atoms with E-state index in [0.717, 1.165) is 127 Å². The van der Waals surface area contributed by atoms with Crippen LogP contribution in [0.3, 0.4) is 0 Å². The zero-order valence-electron chi connectivity index (χ0n) is 33.6. The van der Waals surface area contributed by atoms with Crippen LogP contribution in [0.25, 0.3) is 127 Å². The Morgan fingerprint density at radius 3 is 1.59 bits per heavy atom. The summed E-state index contributed by atoms with van der Waals surface area (Å²) in [5, 5.41) is 18.6. The number of fused-ring (bicyclic) bond motifs is 13. The molecule has 14 aromatic rings. The Hall–Kier alpha value is -8.68. The topological polar surface area (TPSA) is 66.8 Å². The minimum Gasteiger partial charge on any atom is -0.456 e. The molecular formula is C56H33N5O2. The smallest absolute Gasteiger partial charge is 0.168 e. The SMILES string of the molecule is c1ccc(-c2nnc(-c3ccccc3)n2-c2cccc3c4ccccc4n(-c4ccc5oc6ccc(-n7c8ccccc8c8c9oc%10ccccc%10c9ccc87)cc6c5c4)c23)cc1. The third-order valence-electron chi connectivity index (χ3n) is 12.8. The maximum absolute atomic E-state index is 6.60. The second-order valence-corrected chi connectivity index (χ2v) is 16.2. The summed E-state index contributed by atoms with van der Waals surface area (Å²) < 4.78 is 20.1. The van der Waals surface area contributed by atoms with Crippen molar-refractivity contribution >= 4 is 87.5 Å². The second-order valence-electron chi connectivity index (χ2n) is 16.2. The quantitative estimate of drug-likeness (QED) is 0.174. The van der Waals surface area contributed by atoms with E-state index < -0.39 is 0 Å². The van der Waals surface area contributed by atoms with Gasteiger partial charge in [-0.2, -0.15) is 0 Å². The van der Waals surface area contributed by atoms with Crippen molar-refractivity contribution in [2.75, 3.05) is 0 Å². The number of para-hydroxylation sites is 4. The molecule has 5 heterocycles. The molecule has 0 spiro atoms. The third kappa shape index (κ3) is 4.84. The first kappa shape index (κ1) is 34.1. The van der Waals surface area contributed by atoms with Gasteiger partial charge in [0.25, 0.3) is 0 Å². The van der Waals surface area contributed by atoms with Crippen molar-refractivity contribution in [2.24, 2.45) is 0 Å². The molecule has 0 saturated carbocycles. The van der Waals surface area contributed by atoms with Gasteiger partial charge in [-0.15, -0.1) is 10.2 Å². The molecule has 63 heavy (non-hydrogen) atoms. The predicted octanol–water partition coefficient (Wildman–Crippen LogP) is 14.6. The van der Waals surface area contributed by atoms with Crippen molar-refractivity contribution in [1.82, 2.24) is 23.9 Å². The molecule has 0 unspecified atom stereocenters. The Labute approximate surface area is 358 Å². The lowest BCUT2D eigenvalue weighted by Crippen LogP contribution is -2.04. The van der Waals surface area contributed by atoms with Gasteiger partial charge in [-0.1, -0.05) is 127 Å². The summed E-state index contributed by atoms with van der Waals surface area (Å²) in [4.78, 5) is 0.